The van der Waals surface area contributed by atoms with Crippen molar-refractivity contribution in [3.8, 4) is 5.75 Å². The molecule has 1 saturated heterocycles. The van der Waals surface area contributed by atoms with Crippen LogP contribution in [0.25, 0.3) is 0 Å². The number of aromatic nitrogens is 2. The number of hydrogen-bond acceptors (Lipinski definition) is 7. The molecule has 2 atom stereocenters. The third-order valence-corrected chi connectivity index (χ3v) is 7.18. The number of piperazine rings is 1. The molecule has 5 rings (SSSR count). The first-order chi connectivity index (χ1) is 20.4. The van der Waals surface area contributed by atoms with E-state index in [2.05, 4.69) is 15.5 Å². The number of nitrogens with one attached hydrogen (secondary N) is 2. The minimum atomic E-state index is -0.747. The lowest BCUT2D eigenvalue weighted by atomic mass is 9.97. The van der Waals surface area contributed by atoms with E-state index in [0.29, 0.717) is 29.4 Å². The number of rotatable bonds is 7. The zero-order valence-electron chi connectivity index (χ0n) is 24.0. The Morgan fingerprint density at radius 3 is 2.49 bits per heavy atom. The fraction of sp³-hybridized carbons (Fsp3) is 0.333. The van der Waals surface area contributed by atoms with E-state index < -0.39 is 41.8 Å². The zero-order chi connectivity index (χ0) is 30.9. The van der Waals surface area contributed by atoms with Crippen molar-refractivity contribution in [2.45, 2.75) is 44.9 Å². The molecule has 3 aromatic rings. The Hall–Kier alpha value is -4.71. The molecule has 3 heterocycles. The van der Waals surface area contributed by atoms with Crippen LogP contribution in [0.2, 0.25) is 5.02 Å². The van der Waals surface area contributed by atoms with Crippen molar-refractivity contribution in [1.82, 2.24) is 25.3 Å². The maximum absolute atomic E-state index is 14.4. The number of amides is 4. The first kappa shape index (κ1) is 29.8. The number of urea groups is 1. The smallest absolute Gasteiger partial charge is 0.326 e. The molecule has 0 radical (unpaired) electrons. The topological polar surface area (TPSA) is 163 Å². The summed E-state index contributed by atoms with van der Waals surface area (Å²) in [6.07, 6.45) is 1.15. The SMILES string of the molecule is CC(C)(C)Oc1cc(C(=O)CC(N)=O)ccc1C1=NC(c2ccn[nH]2)C(c2ccc(Cl)cc2)N1C(=O)N1CCNC(=O)C1. The number of halogens is 1. The van der Waals surface area contributed by atoms with E-state index in [1.807, 2.05) is 32.9 Å². The Morgan fingerprint density at radius 1 is 1.12 bits per heavy atom. The minimum Gasteiger partial charge on any atom is -0.487 e. The second-order valence-corrected chi connectivity index (χ2v) is 11.8. The number of benzene rings is 2. The van der Waals surface area contributed by atoms with Crippen LogP contribution in [0.5, 0.6) is 5.75 Å². The molecule has 1 fully saturated rings. The van der Waals surface area contributed by atoms with Gasteiger partial charge in [0.15, 0.2) is 5.78 Å². The van der Waals surface area contributed by atoms with E-state index >= 15 is 0 Å². The number of H-pyrrole nitrogens is 1. The number of amidine groups is 1. The molecule has 224 valence electrons. The summed E-state index contributed by atoms with van der Waals surface area (Å²) in [5, 5.41) is 10.4. The van der Waals surface area contributed by atoms with Crippen LogP contribution in [-0.2, 0) is 9.59 Å². The van der Waals surface area contributed by atoms with Crippen molar-refractivity contribution in [2.75, 3.05) is 19.6 Å². The number of carbonyl (C=O) groups excluding carboxylic acids is 4. The van der Waals surface area contributed by atoms with Crippen LogP contribution >= 0.6 is 11.6 Å². The summed E-state index contributed by atoms with van der Waals surface area (Å²) in [6, 6.07) is 12.0. The molecule has 12 nitrogen and oxygen atoms in total. The van der Waals surface area contributed by atoms with Gasteiger partial charge in [0.25, 0.3) is 0 Å². The van der Waals surface area contributed by atoms with E-state index in [4.69, 9.17) is 27.1 Å². The molecule has 2 aromatic carbocycles. The Balaban J connectivity index is 1.69. The van der Waals surface area contributed by atoms with Gasteiger partial charge in [-0.25, -0.2) is 4.79 Å². The quantitative estimate of drug-likeness (QED) is 0.276. The Morgan fingerprint density at radius 2 is 1.86 bits per heavy atom. The molecule has 2 aliphatic rings. The molecule has 2 unspecified atom stereocenters. The monoisotopic (exact) mass is 605 g/mol. The normalized spacial score (nSPS) is 18.7. The Kier molecular flexibility index (Phi) is 8.23. The molecule has 0 saturated carbocycles. The van der Waals surface area contributed by atoms with Crippen molar-refractivity contribution in [1.29, 1.82) is 0 Å². The highest BCUT2D eigenvalue weighted by Gasteiger charge is 2.45. The van der Waals surface area contributed by atoms with Gasteiger partial charge in [0, 0.05) is 29.9 Å². The number of Topliss-reactive ketones (excluding diaryl/α,β-unsaturated/α-hetero) is 1. The third-order valence-electron chi connectivity index (χ3n) is 6.93. The molecule has 4 N–H and O–H groups in total. The predicted molar refractivity (Wildman–Crippen MR) is 159 cm³/mol. The summed E-state index contributed by atoms with van der Waals surface area (Å²) in [6.45, 7) is 6.06. The van der Waals surface area contributed by atoms with Gasteiger partial charge in [0.05, 0.1) is 23.7 Å². The van der Waals surface area contributed by atoms with Crippen LogP contribution in [0.15, 0.2) is 59.7 Å². The maximum atomic E-state index is 14.4. The second kappa shape index (κ2) is 11.9. The molecular weight excluding hydrogens is 574 g/mol. The number of nitrogens with zero attached hydrogens (tertiary/aromatic N) is 4. The van der Waals surface area contributed by atoms with Gasteiger partial charge < -0.3 is 20.7 Å². The summed E-state index contributed by atoms with van der Waals surface area (Å²) in [5.74, 6) is -0.907. The fourth-order valence-corrected chi connectivity index (χ4v) is 5.24. The molecule has 2 aliphatic heterocycles. The third kappa shape index (κ3) is 6.54. The standard InChI is InChI=1S/C30H32ClN7O5/c1-30(2,3)43-23-14-18(22(39)15-24(32)40)6-9-20(23)28-35-26(21-10-11-34-36-21)27(17-4-7-19(31)8-5-17)38(28)29(42)37-13-12-33-25(41)16-37/h4-11,14,26-27H,12-13,15-16H2,1-3H3,(H2,32,40)(H,33,41)(H,34,36). The molecule has 13 heteroatoms. The number of aromatic amines is 1. The van der Waals surface area contributed by atoms with Crippen molar-refractivity contribution in [3.63, 3.8) is 0 Å². The lowest BCUT2D eigenvalue weighted by Crippen LogP contribution is -2.55. The molecule has 1 aromatic heterocycles. The van der Waals surface area contributed by atoms with Gasteiger partial charge in [0.2, 0.25) is 11.8 Å². The van der Waals surface area contributed by atoms with Crippen molar-refractivity contribution < 1.29 is 23.9 Å². The number of nitrogens with two attached hydrogens (primary N) is 1. The number of ketones is 1. The predicted octanol–water partition coefficient (Wildman–Crippen LogP) is 3.40. The Labute approximate surface area is 253 Å². The number of ether oxygens (including phenoxy) is 1. The van der Waals surface area contributed by atoms with Gasteiger partial charge in [-0.1, -0.05) is 29.8 Å². The van der Waals surface area contributed by atoms with Gasteiger partial charge in [-0.15, -0.1) is 0 Å². The van der Waals surface area contributed by atoms with Gasteiger partial charge in [-0.2, -0.15) is 5.10 Å². The molecule has 43 heavy (non-hydrogen) atoms. The van der Waals surface area contributed by atoms with Crippen molar-refractivity contribution in [2.24, 2.45) is 10.7 Å². The number of hydrogen-bond donors (Lipinski definition) is 3. The van der Waals surface area contributed by atoms with Crippen LogP contribution in [0.4, 0.5) is 4.79 Å². The highest BCUT2D eigenvalue weighted by molar-refractivity contribution is 6.30. The van der Waals surface area contributed by atoms with E-state index in [1.165, 1.54) is 11.0 Å². The number of aliphatic imine (C=N–C) groups is 1. The van der Waals surface area contributed by atoms with Crippen LogP contribution in [0.1, 0.15) is 66.5 Å². The highest BCUT2D eigenvalue weighted by Crippen LogP contribution is 2.45. The van der Waals surface area contributed by atoms with Gasteiger partial charge >= 0.3 is 6.03 Å². The zero-order valence-corrected chi connectivity index (χ0v) is 24.7. The van der Waals surface area contributed by atoms with Crippen molar-refractivity contribution >= 4 is 41.1 Å². The van der Waals surface area contributed by atoms with Crippen LogP contribution < -0.4 is 15.8 Å². The van der Waals surface area contributed by atoms with Gasteiger partial charge in [-0.05, 0) is 56.7 Å². The molecule has 4 amide bonds. The van der Waals surface area contributed by atoms with E-state index in [1.54, 1.807) is 41.4 Å². The molecular formula is C30H32ClN7O5. The van der Waals surface area contributed by atoms with Crippen molar-refractivity contribution in [3.05, 3.63) is 82.1 Å². The van der Waals surface area contributed by atoms with E-state index in [9.17, 15) is 19.2 Å². The molecule has 0 spiro atoms. The largest absolute Gasteiger partial charge is 0.487 e. The summed E-state index contributed by atoms with van der Waals surface area (Å²) in [7, 11) is 0. The maximum Gasteiger partial charge on any atom is 0.326 e. The van der Waals surface area contributed by atoms with Gasteiger partial charge in [0.1, 0.15) is 29.8 Å². The van der Waals surface area contributed by atoms with Crippen LogP contribution in [-0.4, -0.2) is 74.7 Å². The first-order valence-corrected chi connectivity index (χ1v) is 14.1. The highest BCUT2D eigenvalue weighted by atomic mass is 35.5. The van der Waals surface area contributed by atoms with E-state index in [0.717, 1.165) is 5.56 Å². The average Bonchev–Trinajstić information content (AvgIpc) is 3.60. The lowest BCUT2D eigenvalue weighted by Gasteiger charge is -2.36. The summed E-state index contributed by atoms with van der Waals surface area (Å²) in [5.41, 5.74) is 6.66. The van der Waals surface area contributed by atoms with Crippen LogP contribution in [0, 0.1) is 0 Å². The Bertz CT molecular complexity index is 1580. The summed E-state index contributed by atoms with van der Waals surface area (Å²) >= 11 is 6.22. The minimum absolute atomic E-state index is 0.115. The van der Waals surface area contributed by atoms with Crippen LogP contribution in [0.3, 0.4) is 0 Å². The second-order valence-electron chi connectivity index (χ2n) is 11.3. The molecule has 0 bridgehead atoms. The lowest BCUT2D eigenvalue weighted by molar-refractivity contribution is -0.123. The summed E-state index contributed by atoms with van der Waals surface area (Å²) < 4.78 is 6.31. The van der Waals surface area contributed by atoms with E-state index in [-0.39, 0.29) is 29.6 Å². The molecule has 0 aliphatic carbocycles. The first-order valence-electron chi connectivity index (χ1n) is 13.7. The number of carbonyl (C=O) groups is 4. The average molecular weight is 606 g/mol. The number of primary amides is 1. The summed E-state index contributed by atoms with van der Waals surface area (Å²) in [4.78, 5) is 59.0. The fourth-order valence-electron chi connectivity index (χ4n) is 5.12. The van der Waals surface area contributed by atoms with Gasteiger partial charge in [-0.3, -0.25) is 29.4 Å².